The molecule has 0 amide bonds. The lowest BCUT2D eigenvalue weighted by atomic mass is 9.89. The zero-order chi connectivity index (χ0) is 12.3. The van der Waals surface area contributed by atoms with Gasteiger partial charge in [0.05, 0.1) is 20.1 Å². The Hall–Kier alpha value is -1.55. The number of nitrogens with one attached hydrogen (secondary N) is 1. The molecule has 0 saturated carbocycles. The Morgan fingerprint density at radius 1 is 1.24 bits per heavy atom. The Kier molecular flexibility index (Phi) is 3.64. The molecule has 2 rings (SSSR count). The summed E-state index contributed by atoms with van der Waals surface area (Å²) in [4.78, 5) is 11.6. The Labute approximate surface area is 101 Å². The fraction of sp³-hybridized carbons (Fsp3) is 0.462. The summed E-state index contributed by atoms with van der Waals surface area (Å²) < 4.78 is 9.95. The van der Waals surface area contributed by atoms with Gasteiger partial charge in [-0.15, -0.1) is 0 Å². The Morgan fingerprint density at radius 2 is 1.94 bits per heavy atom. The molecule has 0 radical (unpaired) electrons. The number of benzene rings is 1. The molecular weight excluding hydrogens is 218 g/mol. The molecule has 1 saturated heterocycles. The Bertz CT molecular complexity index is 388. The maximum absolute atomic E-state index is 11.6. The van der Waals surface area contributed by atoms with E-state index in [-0.39, 0.29) is 17.8 Å². The zero-order valence-corrected chi connectivity index (χ0v) is 10.1. The zero-order valence-electron chi connectivity index (χ0n) is 10.1. The molecule has 1 unspecified atom stereocenters. The van der Waals surface area contributed by atoms with Gasteiger partial charge in [0, 0.05) is 19.0 Å². The number of esters is 1. The summed E-state index contributed by atoms with van der Waals surface area (Å²) >= 11 is 0. The third-order valence-corrected chi connectivity index (χ3v) is 3.26. The summed E-state index contributed by atoms with van der Waals surface area (Å²) in [5.41, 5.74) is 1.14. The summed E-state index contributed by atoms with van der Waals surface area (Å²) in [7, 11) is 3.08. The van der Waals surface area contributed by atoms with Gasteiger partial charge in [0.15, 0.2) is 0 Å². The lowest BCUT2D eigenvalue weighted by Crippen LogP contribution is -2.22. The van der Waals surface area contributed by atoms with Crippen molar-refractivity contribution in [3.05, 3.63) is 29.8 Å². The molecule has 2 atom stereocenters. The highest BCUT2D eigenvalue weighted by atomic mass is 16.5. The first-order valence-corrected chi connectivity index (χ1v) is 5.68. The number of hydrogen-bond donors (Lipinski definition) is 1. The number of carbonyl (C=O) groups excluding carboxylic acids is 1. The number of methoxy groups -OCH3 is 2. The molecule has 1 aromatic rings. The predicted octanol–water partition coefficient (Wildman–Crippen LogP) is 1.17. The molecule has 1 fully saturated rings. The van der Waals surface area contributed by atoms with E-state index in [1.54, 1.807) is 7.11 Å². The van der Waals surface area contributed by atoms with Crippen LogP contribution in [0.25, 0.3) is 0 Å². The van der Waals surface area contributed by atoms with E-state index < -0.39 is 0 Å². The van der Waals surface area contributed by atoms with Crippen LogP contribution >= 0.6 is 0 Å². The van der Waals surface area contributed by atoms with Crippen molar-refractivity contribution in [3.63, 3.8) is 0 Å². The van der Waals surface area contributed by atoms with Gasteiger partial charge in [0.2, 0.25) is 0 Å². The van der Waals surface area contributed by atoms with Gasteiger partial charge in [0.25, 0.3) is 0 Å². The van der Waals surface area contributed by atoms with E-state index >= 15 is 0 Å². The van der Waals surface area contributed by atoms with Gasteiger partial charge < -0.3 is 14.8 Å². The number of hydrogen-bond acceptors (Lipinski definition) is 4. The minimum absolute atomic E-state index is 0.0894. The first-order chi connectivity index (χ1) is 8.26. The van der Waals surface area contributed by atoms with Crippen molar-refractivity contribution in [3.8, 4) is 5.75 Å². The van der Waals surface area contributed by atoms with Crippen LogP contribution in [-0.2, 0) is 9.53 Å². The molecule has 92 valence electrons. The van der Waals surface area contributed by atoms with Crippen LogP contribution in [0, 0.1) is 5.92 Å². The van der Waals surface area contributed by atoms with Crippen molar-refractivity contribution in [1.29, 1.82) is 0 Å². The smallest absolute Gasteiger partial charge is 0.310 e. The van der Waals surface area contributed by atoms with Gasteiger partial charge in [-0.1, -0.05) is 12.1 Å². The summed E-state index contributed by atoms with van der Waals surface area (Å²) in [6.45, 7) is 1.50. The van der Waals surface area contributed by atoms with Gasteiger partial charge in [-0.3, -0.25) is 4.79 Å². The van der Waals surface area contributed by atoms with E-state index in [2.05, 4.69) is 5.32 Å². The van der Waals surface area contributed by atoms with Gasteiger partial charge in [-0.2, -0.15) is 0 Å². The SMILES string of the molecule is COC(=O)[C@@H]1CNCC1c1ccc(OC)cc1. The fourth-order valence-corrected chi connectivity index (χ4v) is 2.28. The van der Waals surface area contributed by atoms with Crippen LogP contribution in [0.5, 0.6) is 5.75 Å². The quantitative estimate of drug-likeness (QED) is 0.799. The lowest BCUT2D eigenvalue weighted by molar-refractivity contribution is -0.145. The van der Waals surface area contributed by atoms with E-state index in [1.807, 2.05) is 24.3 Å². The predicted molar refractivity (Wildman–Crippen MR) is 64.1 cm³/mol. The van der Waals surface area contributed by atoms with Crippen LogP contribution in [0.2, 0.25) is 0 Å². The molecule has 4 heteroatoms. The maximum atomic E-state index is 11.6. The van der Waals surface area contributed by atoms with Crippen molar-refractivity contribution in [2.24, 2.45) is 5.92 Å². The number of rotatable bonds is 3. The maximum Gasteiger partial charge on any atom is 0.310 e. The first kappa shape index (κ1) is 11.9. The topological polar surface area (TPSA) is 47.6 Å². The molecule has 17 heavy (non-hydrogen) atoms. The van der Waals surface area contributed by atoms with Crippen molar-refractivity contribution >= 4 is 5.97 Å². The molecular formula is C13H17NO3. The normalized spacial score (nSPS) is 23.4. The Morgan fingerprint density at radius 3 is 2.53 bits per heavy atom. The number of carbonyl (C=O) groups is 1. The van der Waals surface area contributed by atoms with Crippen molar-refractivity contribution in [2.45, 2.75) is 5.92 Å². The van der Waals surface area contributed by atoms with E-state index in [0.29, 0.717) is 6.54 Å². The van der Waals surface area contributed by atoms with Gasteiger partial charge in [-0.25, -0.2) is 0 Å². The molecule has 1 N–H and O–H groups in total. The standard InChI is InChI=1S/C13H17NO3/c1-16-10-5-3-9(4-6-10)11-7-14-8-12(11)13(15)17-2/h3-6,11-12,14H,7-8H2,1-2H3/t11?,12-/m1/s1. The van der Waals surface area contributed by atoms with E-state index in [0.717, 1.165) is 17.9 Å². The second-order valence-corrected chi connectivity index (χ2v) is 4.17. The highest BCUT2D eigenvalue weighted by Gasteiger charge is 2.34. The highest BCUT2D eigenvalue weighted by molar-refractivity contribution is 5.74. The van der Waals surface area contributed by atoms with Gasteiger partial charge in [0.1, 0.15) is 5.75 Å². The summed E-state index contributed by atoms with van der Waals surface area (Å²) in [6, 6.07) is 7.85. The van der Waals surface area contributed by atoms with Crippen LogP contribution in [0.1, 0.15) is 11.5 Å². The fourth-order valence-electron chi connectivity index (χ4n) is 2.28. The van der Waals surface area contributed by atoms with Crippen LogP contribution < -0.4 is 10.1 Å². The molecule has 0 bridgehead atoms. The van der Waals surface area contributed by atoms with Crippen LogP contribution in [0.4, 0.5) is 0 Å². The van der Waals surface area contributed by atoms with E-state index in [9.17, 15) is 4.79 Å². The average Bonchev–Trinajstić information content (AvgIpc) is 2.87. The molecule has 0 aliphatic carbocycles. The minimum Gasteiger partial charge on any atom is -0.497 e. The molecule has 1 aliphatic rings. The molecule has 0 aromatic heterocycles. The highest BCUT2D eigenvalue weighted by Crippen LogP contribution is 2.29. The lowest BCUT2D eigenvalue weighted by Gasteiger charge is -2.16. The Balaban J connectivity index is 2.17. The summed E-state index contributed by atoms with van der Waals surface area (Å²) in [6.07, 6.45) is 0. The first-order valence-electron chi connectivity index (χ1n) is 5.68. The number of ether oxygens (including phenoxy) is 2. The summed E-state index contributed by atoms with van der Waals surface area (Å²) in [5.74, 6) is 0.784. The second-order valence-electron chi connectivity index (χ2n) is 4.17. The van der Waals surface area contributed by atoms with Crippen LogP contribution in [0.15, 0.2) is 24.3 Å². The van der Waals surface area contributed by atoms with Crippen LogP contribution in [-0.4, -0.2) is 33.3 Å². The molecule has 1 aliphatic heterocycles. The average molecular weight is 235 g/mol. The van der Waals surface area contributed by atoms with Gasteiger partial charge >= 0.3 is 5.97 Å². The van der Waals surface area contributed by atoms with Crippen molar-refractivity contribution in [1.82, 2.24) is 5.32 Å². The molecule has 0 spiro atoms. The van der Waals surface area contributed by atoms with E-state index in [1.165, 1.54) is 7.11 Å². The largest absolute Gasteiger partial charge is 0.497 e. The van der Waals surface area contributed by atoms with Crippen LogP contribution in [0.3, 0.4) is 0 Å². The molecule has 1 aromatic carbocycles. The summed E-state index contributed by atoms with van der Waals surface area (Å²) in [5, 5.41) is 3.23. The third kappa shape index (κ3) is 2.42. The van der Waals surface area contributed by atoms with Crippen molar-refractivity contribution < 1.29 is 14.3 Å². The monoisotopic (exact) mass is 235 g/mol. The molecule has 1 heterocycles. The van der Waals surface area contributed by atoms with Crippen molar-refractivity contribution in [2.75, 3.05) is 27.3 Å². The minimum atomic E-state index is -0.143. The molecule has 4 nitrogen and oxygen atoms in total. The second kappa shape index (κ2) is 5.19. The third-order valence-electron chi connectivity index (χ3n) is 3.26. The van der Waals surface area contributed by atoms with Gasteiger partial charge in [-0.05, 0) is 17.7 Å². The van der Waals surface area contributed by atoms with E-state index in [4.69, 9.17) is 9.47 Å².